The molecule has 4 fully saturated rings. The van der Waals surface area contributed by atoms with Crippen molar-refractivity contribution < 1.29 is 93.8 Å². The van der Waals surface area contributed by atoms with Crippen molar-refractivity contribution in [2.75, 3.05) is 26.9 Å². The number of aliphatic hydroxyl groups excluding tert-OH is 9. The highest BCUT2D eigenvalue weighted by atomic mass is 16.8. The van der Waals surface area contributed by atoms with Crippen LogP contribution in [0.15, 0.2) is 0 Å². The fourth-order valence-corrected chi connectivity index (χ4v) is 4.85. The van der Waals surface area contributed by atoms with Crippen LogP contribution in [-0.2, 0) is 42.7 Å². The van der Waals surface area contributed by atoms with Crippen molar-refractivity contribution in [2.45, 2.75) is 105 Å². The van der Waals surface area contributed by atoms with E-state index in [1.54, 1.807) is 0 Å². The van der Waals surface area contributed by atoms with E-state index in [0.29, 0.717) is 0 Å². The minimum Gasteiger partial charge on any atom is -0.479 e. The summed E-state index contributed by atoms with van der Waals surface area (Å²) in [7, 11) is 1.10. The maximum Gasteiger partial charge on any atom is 0.335 e. The summed E-state index contributed by atoms with van der Waals surface area (Å²) in [4.78, 5) is 11.6. The molecular formula is C22H36O19. The molecule has 41 heavy (non-hydrogen) atoms. The zero-order valence-electron chi connectivity index (χ0n) is 21.6. The number of hydrogen-bond donors (Lipinski definition) is 10. The molecule has 0 spiro atoms. The Morgan fingerprint density at radius 3 is 1.80 bits per heavy atom. The van der Waals surface area contributed by atoms with Crippen molar-refractivity contribution in [2.24, 2.45) is 0 Å². The lowest BCUT2D eigenvalue weighted by molar-refractivity contribution is -0.372. The quantitative estimate of drug-likeness (QED) is 0.123. The van der Waals surface area contributed by atoms with Crippen LogP contribution < -0.4 is 0 Å². The second kappa shape index (κ2) is 13.6. The van der Waals surface area contributed by atoms with Gasteiger partial charge in [0.15, 0.2) is 31.3 Å². The molecule has 0 amide bonds. The van der Waals surface area contributed by atoms with Crippen molar-refractivity contribution >= 4 is 5.97 Å². The molecule has 0 saturated carbocycles. The Kier molecular flexibility index (Phi) is 10.9. The van der Waals surface area contributed by atoms with Gasteiger partial charge >= 0.3 is 5.97 Å². The minimum atomic E-state index is -1.87. The molecule has 238 valence electrons. The maximum absolute atomic E-state index is 11.6. The highest BCUT2D eigenvalue weighted by Gasteiger charge is 2.53. The molecule has 19 heteroatoms. The van der Waals surface area contributed by atoms with Crippen LogP contribution in [0.25, 0.3) is 0 Å². The highest BCUT2D eigenvalue weighted by Crippen LogP contribution is 2.31. The number of aliphatic hydroxyl groups is 9. The minimum absolute atomic E-state index is 0.366. The SMILES string of the molecule is CO[C@H]1[C@H](O)[C@@H](O)[C@@H](O[C@H]2[C@H](O[C@@H]3CO[C@@H](O[C@@H]4COC(O)[C@H](O)[C@H]4O)[C@H](O)[C@H]3O)OC[C@@H](O)[C@@H]2O)O[C@@H]1C(=O)O. The molecule has 0 radical (unpaired) electrons. The number of carboxylic acids is 1. The highest BCUT2D eigenvalue weighted by molar-refractivity contribution is 5.73. The third-order valence-electron chi connectivity index (χ3n) is 7.29. The van der Waals surface area contributed by atoms with E-state index in [9.17, 15) is 55.9 Å². The average Bonchev–Trinajstić information content (AvgIpc) is 2.94. The summed E-state index contributed by atoms with van der Waals surface area (Å²) in [5.41, 5.74) is 0. The molecular weight excluding hydrogens is 568 g/mol. The van der Waals surface area contributed by atoms with Crippen LogP contribution in [0.4, 0.5) is 0 Å². The first kappa shape index (κ1) is 32.7. The van der Waals surface area contributed by atoms with Gasteiger partial charge in [-0.3, -0.25) is 0 Å². The van der Waals surface area contributed by atoms with Gasteiger partial charge in [-0.15, -0.1) is 0 Å². The van der Waals surface area contributed by atoms with E-state index in [4.69, 9.17) is 37.9 Å². The lowest BCUT2D eigenvalue weighted by Crippen LogP contribution is -2.65. The van der Waals surface area contributed by atoms with Crippen LogP contribution in [0.1, 0.15) is 0 Å². The molecule has 0 aromatic carbocycles. The van der Waals surface area contributed by atoms with E-state index in [-0.39, 0.29) is 6.61 Å². The molecule has 1 unspecified atom stereocenters. The molecule has 0 aliphatic carbocycles. The predicted molar refractivity (Wildman–Crippen MR) is 121 cm³/mol. The Labute approximate surface area is 231 Å². The summed E-state index contributed by atoms with van der Waals surface area (Å²) in [6, 6.07) is 0. The molecule has 0 aromatic rings. The summed E-state index contributed by atoms with van der Waals surface area (Å²) < 4.78 is 42.4. The fraction of sp³-hybridized carbons (Fsp3) is 0.955. The van der Waals surface area contributed by atoms with E-state index < -0.39 is 124 Å². The third-order valence-corrected chi connectivity index (χ3v) is 7.29. The zero-order chi connectivity index (χ0) is 30.2. The summed E-state index contributed by atoms with van der Waals surface area (Å²) in [6.45, 7) is -1.30. The van der Waals surface area contributed by atoms with Crippen molar-refractivity contribution in [3.05, 3.63) is 0 Å². The Morgan fingerprint density at radius 1 is 0.610 bits per heavy atom. The number of carboxylic acid groups (broad SMARTS) is 1. The van der Waals surface area contributed by atoms with Gasteiger partial charge < -0.3 is 89.0 Å². The number of methoxy groups -OCH3 is 1. The van der Waals surface area contributed by atoms with Crippen LogP contribution in [0.2, 0.25) is 0 Å². The number of hydrogen-bond acceptors (Lipinski definition) is 18. The zero-order valence-corrected chi connectivity index (χ0v) is 21.6. The monoisotopic (exact) mass is 604 g/mol. The number of rotatable bonds is 8. The Morgan fingerprint density at radius 2 is 1.17 bits per heavy atom. The van der Waals surface area contributed by atoms with Gasteiger partial charge in [0.2, 0.25) is 0 Å². The topological polar surface area (TPSA) is 293 Å². The first-order chi connectivity index (χ1) is 19.3. The van der Waals surface area contributed by atoms with Crippen LogP contribution in [0, 0.1) is 0 Å². The molecule has 4 aliphatic rings. The fourth-order valence-electron chi connectivity index (χ4n) is 4.85. The number of carbonyl (C=O) groups is 1. The second-order valence-corrected chi connectivity index (χ2v) is 10.0. The van der Waals surface area contributed by atoms with Crippen molar-refractivity contribution in [1.82, 2.24) is 0 Å². The van der Waals surface area contributed by atoms with Gasteiger partial charge in [-0.1, -0.05) is 0 Å². The summed E-state index contributed by atoms with van der Waals surface area (Å²) in [5.74, 6) is -1.55. The van der Waals surface area contributed by atoms with Gasteiger partial charge in [-0.2, -0.15) is 0 Å². The normalized spacial score (nSPS) is 51.3. The van der Waals surface area contributed by atoms with Gasteiger partial charge in [-0.05, 0) is 0 Å². The number of ether oxygens (including phenoxy) is 8. The number of aliphatic carboxylic acids is 1. The smallest absolute Gasteiger partial charge is 0.335 e. The van der Waals surface area contributed by atoms with Crippen LogP contribution in [0.5, 0.6) is 0 Å². The van der Waals surface area contributed by atoms with Crippen LogP contribution in [-0.4, -0.2) is 188 Å². The standard InChI is InChI=1S/C22H36O19/c1-34-15-11(27)14(30)21(41-17(15)18(31)32)40-16-8(24)5(23)2-36-22(16)39-7-4-37-20(13(29)10(7)26)38-6-3-35-19(33)12(28)9(6)25/h5-17,19-30,33H,2-4H2,1H3,(H,31,32)/t5-,6-,7-,8+,9+,10+,11-,12-,13-,14-,15+,16-,17+,19?,20+,21+,22+/m1/s1. The summed E-state index contributed by atoms with van der Waals surface area (Å²) >= 11 is 0. The second-order valence-electron chi connectivity index (χ2n) is 10.0. The maximum atomic E-state index is 11.6. The largest absolute Gasteiger partial charge is 0.479 e. The first-order valence-electron chi connectivity index (χ1n) is 12.7. The Bertz CT molecular complexity index is 865. The van der Waals surface area contributed by atoms with Crippen LogP contribution in [0.3, 0.4) is 0 Å². The molecule has 10 N–H and O–H groups in total. The summed E-state index contributed by atoms with van der Waals surface area (Å²) in [5, 5.41) is 101. The van der Waals surface area contributed by atoms with Gasteiger partial charge in [-0.25, -0.2) is 4.79 Å². The third kappa shape index (κ3) is 6.81. The molecule has 0 bridgehead atoms. The van der Waals surface area contributed by atoms with Crippen LogP contribution >= 0.6 is 0 Å². The van der Waals surface area contributed by atoms with E-state index in [1.807, 2.05) is 0 Å². The Hall–Kier alpha value is -1.21. The predicted octanol–water partition coefficient (Wildman–Crippen LogP) is -7.09. The summed E-state index contributed by atoms with van der Waals surface area (Å²) in [6.07, 6.45) is -27.9. The van der Waals surface area contributed by atoms with E-state index in [2.05, 4.69) is 0 Å². The van der Waals surface area contributed by atoms with Gasteiger partial charge in [0.25, 0.3) is 0 Å². The molecule has 19 nitrogen and oxygen atoms in total. The molecule has 0 aromatic heterocycles. The molecule has 4 rings (SSSR count). The van der Waals surface area contributed by atoms with E-state index >= 15 is 0 Å². The van der Waals surface area contributed by atoms with Gasteiger partial charge in [0.1, 0.15) is 73.2 Å². The van der Waals surface area contributed by atoms with Crippen molar-refractivity contribution in [1.29, 1.82) is 0 Å². The lowest BCUT2D eigenvalue weighted by Gasteiger charge is -2.46. The molecule has 4 heterocycles. The van der Waals surface area contributed by atoms with Gasteiger partial charge in [0.05, 0.1) is 19.8 Å². The molecule has 17 atom stereocenters. The average molecular weight is 605 g/mol. The van der Waals surface area contributed by atoms with E-state index in [0.717, 1.165) is 7.11 Å². The van der Waals surface area contributed by atoms with Crippen molar-refractivity contribution in [3.8, 4) is 0 Å². The van der Waals surface area contributed by atoms with Gasteiger partial charge in [0, 0.05) is 7.11 Å². The molecule has 4 saturated heterocycles. The molecule has 4 aliphatic heterocycles. The lowest BCUT2D eigenvalue weighted by atomic mass is 9.98. The first-order valence-corrected chi connectivity index (χ1v) is 12.7. The van der Waals surface area contributed by atoms with Crippen molar-refractivity contribution in [3.63, 3.8) is 0 Å². The van der Waals surface area contributed by atoms with E-state index in [1.165, 1.54) is 0 Å². The Balaban J connectivity index is 1.41.